The Morgan fingerprint density at radius 1 is 1.22 bits per heavy atom. The second-order valence-corrected chi connectivity index (χ2v) is 5.22. The number of nitrogens with two attached hydrogens (primary N) is 1. The van der Waals surface area contributed by atoms with Crippen LogP contribution in [-0.2, 0) is 6.18 Å². The van der Waals surface area contributed by atoms with Crippen molar-refractivity contribution < 1.29 is 13.2 Å². The number of rotatable bonds is 4. The zero-order valence-electron chi connectivity index (χ0n) is 10.4. The summed E-state index contributed by atoms with van der Waals surface area (Å²) in [6.45, 7) is 4.15. The van der Waals surface area contributed by atoms with E-state index in [1.165, 1.54) is 12.1 Å². The molecule has 1 rings (SSSR count). The molecule has 18 heavy (non-hydrogen) atoms. The molecule has 5 heteroatoms. The summed E-state index contributed by atoms with van der Waals surface area (Å²) in [6.07, 6.45) is -2.75. The lowest BCUT2D eigenvalue weighted by Gasteiger charge is -2.16. The zero-order chi connectivity index (χ0) is 13.9. The second kappa shape index (κ2) is 5.93. The van der Waals surface area contributed by atoms with Crippen LogP contribution in [0.5, 0.6) is 0 Å². The zero-order valence-corrected chi connectivity index (χ0v) is 11.1. The minimum atomic E-state index is -4.42. The van der Waals surface area contributed by atoms with E-state index in [4.69, 9.17) is 17.3 Å². The van der Waals surface area contributed by atoms with E-state index in [9.17, 15) is 13.2 Å². The van der Waals surface area contributed by atoms with Gasteiger partial charge in [0.1, 0.15) is 0 Å². The van der Waals surface area contributed by atoms with Gasteiger partial charge in [0.15, 0.2) is 0 Å². The van der Waals surface area contributed by atoms with Crippen LogP contribution in [-0.4, -0.2) is 0 Å². The molecule has 0 spiro atoms. The molecule has 0 aliphatic rings. The van der Waals surface area contributed by atoms with Crippen molar-refractivity contribution in [3.05, 3.63) is 34.3 Å². The van der Waals surface area contributed by atoms with E-state index >= 15 is 0 Å². The topological polar surface area (TPSA) is 26.0 Å². The number of hydrogen-bond acceptors (Lipinski definition) is 1. The minimum Gasteiger partial charge on any atom is -0.324 e. The molecular formula is C13H17ClF3N. The van der Waals surface area contributed by atoms with Gasteiger partial charge in [-0.3, -0.25) is 0 Å². The molecule has 0 amide bonds. The summed E-state index contributed by atoms with van der Waals surface area (Å²) < 4.78 is 37.6. The lowest BCUT2D eigenvalue weighted by molar-refractivity contribution is -0.137. The molecule has 0 bridgehead atoms. The molecule has 0 unspecified atom stereocenters. The summed E-state index contributed by atoms with van der Waals surface area (Å²) >= 11 is 5.65. The van der Waals surface area contributed by atoms with E-state index < -0.39 is 11.7 Å². The molecule has 2 N–H and O–H groups in total. The van der Waals surface area contributed by atoms with Crippen molar-refractivity contribution in [3.8, 4) is 0 Å². The van der Waals surface area contributed by atoms with Gasteiger partial charge in [-0.1, -0.05) is 31.5 Å². The monoisotopic (exact) mass is 279 g/mol. The highest BCUT2D eigenvalue weighted by atomic mass is 35.5. The van der Waals surface area contributed by atoms with E-state index in [1.54, 1.807) is 0 Å². The third-order valence-corrected chi connectivity index (χ3v) is 3.09. The highest BCUT2D eigenvalue weighted by Crippen LogP contribution is 2.36. The molecule has 1 atom stereocenters. The summed E-state index contributed by atoms with van der Waals surface area (Å²) in [4.78, 5) is 0. The van der Waals surface area contributed by atoms with Gasteiger partial charge in [0, 0.05) is 6.04 Å². The van der Waals surface area contributed by atoms with Crippen LogP contribution in [0.15, 0.2) is 18.2 Å². The fourth-order valence-corrected chi connectivity index (χ4v) is 1.97. The summed E-state index contributed by atoms with van der Waals surface area (Å²) in [5, 5.41) is -0.292. The molecule has 0 saturated heterocycles. The lowest BCUT2D eigenvalue weighted by atomic mass is 9.97. The third kappa shape index (κ3) is 4.18. The summed E-state index contributed by atoms with van der Waals surface area (Å²) in [5.74, 6) is 0.515. The van der Waals surface area contributed by atoms with Crippen LogP contribution in [0.4, 0.5) is 13.2 Å². The Kier molecular flexibility index (Phi) is 5.05. The Morgan fingerprint density at radius 2 is 1.83 bits per heavy atom. The SMILES string of the molecule is CC(C)CC[C@@H](N)c1ccc(C(F)(F)F)c(Cl)c1. The largest absolute Gasteiger partial charge is 0.417 e. The Bertz CT molecular complexity index is 402. The normalized spacial score (nSPS) is 14.0. The maximum absolute atomic E-state index is 12.5. The van der Waals surface area contributed by atoms with Crippen molar-refractivity contribution in [2.24, 2.45) is 11.7 Å². The first-order chi connectivity index (χ1) is 8.21. The van der Waals surface area contributed by atoms with Crippen molar-refractivity contribution in [1.29, 1.82) is 0 Å². The average molecular weight is 280 g/mol. The van der Waals surface area contributed by atoms with Crippen LogP contribution in [0.3, 0.4) is 0 Å². The molecule has 1 aromatic carbocycles. The second-order valence-electron chi connectivity index (χ2n) is 4.81. The molecule has 0 radical (unpaired) electrons. The van der Waals surface area contributed by atoms with Crippen molar-refractivity contribution in [3.63, 3.8) is 0 Å². The molecule has 0 fully saturated rings. The molecule has 102 valence electrons. The van der Waals surface area contributed by atoms with Gasteiger partial charge in [0.2, 0.25) is 0 Å². The summed E-state index contributed by atoms with van der Waals surface area (Å²) in [5.41, 5.74) is 5.76. The highest BCUT2D eigenvalue weighted by Gasteiger charge is 2.33. The van der Waals surface area contributed by atoms with Gasteiger partial charge in [0.25, 0.3) is 0 Å². The lowest BCUT2D eigenvalue weighted by Crippen LogP contribution is -2.12. The Labute approximate surface area is 110 Å². The Balaban J connectivity index is 2.84. The predicted octanol–water partition coefficient (Wildman–Crippen LogP) is 4.79. The van der Waals surface area contributed by atoms with E-state index in [0.29, 0.717) is 11.5 Å². The number of hydrogen-bond donors (Lipinski definition) is 1. The average Bonchev–Trinajstić information content (AvgIpc) is 2.23. The van der Waals surface area contributed by atoms with Gasteiger partial charge >= 0.3 is 6.18 Å². The first kappa shape index (κ1) is 15.3. The molecule has 1 nitrogen and oxygen atoms in total. The predicted molar refractivity (Wildman–Crippen MR) is 67.5 cm³/mol. The van der Waals surface area contributed by atoms with Crippen molar-refractivity contribution in [1.82, 2.24) is 0 Å². The van der Waals surface area contributed by atoms with E-state index in [1.807, 2.05) is 0 Å². The molecule has 0 aromatic heterocycles. The van der Waals surface area contributed by atoms with Crippen LogP contribution >= 0.6 is 11.6 Å². The third-order valence-electron chi connectivity index (χ3n) is 2.78. The first-order valence-electron chi connectivity index (χ1n) is 5.84. The standard InChI is InChI=1S/C13H17ClF3N/c1-8(2)3-6-12(18)9-4-5-10(11(14)7-9)13(15,16)17/h4-5,7-8,12H,3,6,18H2,1-2H3/t12-/m1/s1. The number of benzene rings is 1. The van der Waals surface area contributed by atoms with Crippen molar-refractivity contribution >= 4 is 11.6 Å². The first-order valence-corrected chi connectivity index (χ1v) is 6.22. The van der Waals surface area contributed by atoms with Gasteiger partial charge in [-0.2, -0.15) is 13.2 Å². The molecule has 0 saturated carbocycles. The Morgan fingerprint density at radius 3 is 2.28 bits per heavy atom. The van der Waals surface area contributed by atoms with Crippen molar-refractivity contribution in [2.45, 2.75) is 38.9 Å². The van der Waals surface area contributed by atoms with Crippen LogP contribution in [0.25, 0.3) is 0 Å². The van der Waals surface area contributed by atoms with Gasteiger partial charge in [-0.25, -0.2) is 0 Å². The molecule has 0 aliphatic carbocycles. The van der Waals surface area contributed by atoms with Crippen molar-refractivity contribution in [2.75, 3.05) is 0 Å². The summed E-state index contributed by atoms with van der Waals surface area (Å²) in [6, 6.07) is 3.44. The van der Waals surface area contributed by atoms with Gasteiger partial charge in [-0.05, 0) is 36.5 Å². The quantitative estimate of drug-likeness (QED) is 0.842. The number of alkyl halides is 3. The fourth-order valence-electron chi connectivity index (χ4n) is 1.67. The smallest absolute Gasteiger partial charge is 0.324 e. The maximum atomic E-state index is 12.5. The molecule has 1 aromatic rings. The fraction of sp³-hybridized carbons (Fsp3) is 0.538. The van der Waals surface area contributed by atoms with E-state index in [-0.39, 0.29) is 11.1 Å². The highest BCUT2D eigenvalue weighted by molar-refractivity contribution is 6.31. The van der Waals surface area contributed by atoms with Crippen LogP contribution < -0.4 is 5.73 Å². The molecule has 0 aliphatic heterocycles. The van der Waals surface area contributed by atoms with Crippen LogP contribution in [0.2, 0.25) is 5.02 Å². The minimum absolute atomic E-state index is 0.271. The van der Waals surface area contributed by atoms with E-state index in [2.05, 4.69) is 13.8 Å². The number of halogens is 4. The van der Waals surface area contributed by atoms with Gasteiger partial charge in [0.05, 0.1) is 10.6 Å². The van der Waals surface area contributed by atoms with Gasteiger partial charge < -0.3 is 5.73 Å². The van der Waals surface area contributed by atoms with Crippen LogP contribution in [0, 0.1) is 5.92 Å². The molecular weight excluding hydrogens is 263 g/mol. The van der Waals surface area contributed by atoms with E-state index in [0.717, 1.165) is 18.9 Å². The van der Waals surface area contributed by atoms with Gasteiger partial charge in [-0.15, -0.1) is 0 Å². The Hall–Kier alpha value is -0.740. The van der Waals surface area contributed by atoms with Crippen LogP contribution in [0.1, 0.15) is 43.9 Å². The molecule has 0 heterocycles. The maximum Gasteiger partial charge on any atom is 0.417 e. The summed E-state index contributed by atoms with van der Waals surface area (Å²) in [7, 11) is 0.